The first-order valence-electron chi connectivity index (χ1n) is 6.92. The Kier molecular flexibility index (Phi) is 4.95. The molecule has 1 atom stereocenters. The van der Waals surface area contributed by atoms with Crippen LogP contribution < -0.4 is 10.1 Å². The van der Waals surface area contributed by atoms with Crippen molar-refractivity contribution < 1.29 is 14.6 Å². The van der Waals surface area contributed by atoms with Crippen molar-refractivity contribution in [3.8, 4) is 5.75 Å². The molecule has 0 saturated heterocycles. The van der Waals surface area contributed by atoms with Crippen molar-refractivity contribution in [1.82, 2.24) is 0 Å². The lowest BCUT2D eigenvalue weighted by molar-refractivity contribution is 0.102. The normalized spacial score (nSPS) is 11.8. The quantitative estimate of drug-likeness (QED) is 0.885. The van der Waals surface area contributed by atoms with Gasteiger partial charge in [-0.15, -0.1) is 0 Å². The van der Waals surface area contributed by atoms with E-state index in [1.807, 2.05) is 13.0 Å². The van der Waals surface area contributed by atoms with Gasteiger partial charge in [-0.25, -0.2) is 0 Å². The summed E-state index contributed by atoms with van der Waals surface area (Å²) in [6.45, 7) is 4.20. The number of ether oxygens (including phenoxy) is 1. The van der Waals surface area contributed by atoms with Gasteiger partial charge in [0.2, 0.25) is 0 Å². The maximum Gasteiger partial charge on any atom is 0.255 e. The summed E-state index contributed by atoms with van der Waals surface area (Å²) in [4.78, 5) is 12.1. The number of carbonyl (C=O) groups is 1. The predicted molar refractivity (Wildman–Crippen MR) is 82.6 cm³/mol. The Morgan fingerprint density at radius 3 is 2.57 bits per heavy atom. The van der Waals surface area contributed by atoms with Gasteiger partial charge in [-0.1, -0.05) is 12.1 Å². The van der Waals surface area contributed by atoms with Gasteiger partial charge in [-0.2, -0.15) is 0 Å². The van der Waals surface area contributed by atoms with Crippen LogP contribution >= 0.6 is 0 Å². The minimum atomic E-state index is -0.563. The van der Waals surface area contributed by atoms with Gasteiger partial charge in [0.15, 0.2) is 0 Å². The smallest absolute Gasteiger partial charge is 0.255 e. The second-order valence-corrected chi connectivity index (χ2v) is 4.71. The number of aliphatic hydroxyl groups is 1. The van der Waals surface area contributed by atoms with Crippen LogP contribution in [0, 0.1) is 0 Å². The molecule has 21 heavy (non-hydrogen) atoms. The molecule has 0 fully saturated rings. The van der Waals surface area contributed by atoms with E-state index in [0.29, 0.717) is 17.9 Å². The summed E-state index contributed by atoms with van der Waals surface area (Å²) < 4.78 is 5.34. The van der Waals surface area contributed by atoms with E-state index in [0.717, 1.165) is 11.3 Å². The Labute approximate surface area is 124 Å². The fourth-order valence-corrected chi connectivity index (χ4v) is 1.95. The summed E-state index contributed by atoms with van der Waals surface area (Å²) in [5.74, 6) is 0.547. The van der Waals surface area contributed by atoms with Gasteiger partial charge in [-0.3, -0.25) is 4.79 Å². The number of anilines is 1. The zero-order valence-corrected chi connectivity index (χ0v) is 12.2. The van der Waals surface area contributed by atoms with Crippen LogP contribution in [0.15, 0.2) is 48.5 Å². The number of nitrogens with one attached hydrogen (secondary N) is 1. The summed E-state index contributed by atoms with van der Waals surface area (Å²) in [6, 6.07) is 14.1. The van der Waals surface area contributed by atoms with Crippen LogP contribution in [0.2, 0.25) is 0 Å². The van der Waals surface area contributed by atoms with Gasteiger partial charge in [0.05, 0.1) is 12.7 Å². The van der Waals surface area contributed by atoms with Crippen LogP contribution in [0.25, 0.3) is 0 Å². The molecule has 4 nitrogen and oxygen atoms in total. The van der Waals surface area contributed by atoms with Crippen LogP contribution in [0.3, 0.4) is 0 Å². The van der Waals surface area contributed by atoms with Crippen LogP contribution in [0.5, 0.6) is 5.75 Å². The van der Waals surface area contributed by atoms with Gasteiger partial charge in [0.25, 0.3) is 5.91 Å². The number of benzene rings is 2. The van der Waals surface area contributed by atoms with Gasteiger partial charge < -0.3 is 15.2 Å². The van der Waals surface area contributed by atoms with E-state index in [9.17, 15) is 9.90 Å². The molecule has 0 heterocycles. The van der Waals surface area contributed by atoms with Crippen molar-refractivity contribution in [3.05, 3.63) is 59.7 Å². The molecule has 2 rings (SSSR count). The lowest BCUT2D eigenvalue weighted by Gasteiger charge is -2.09. The van der Waals surface area contributed by atoms with E-state index in [1.54, 1.807) is 49.4 Å². The van der Waals surface area contributed by atoms with Crippen LogP contribution in [-0.4, -0.2) is 17.6 Å². The number of amides is 1. The topological polar surface area (TPSA) is 58.6 Å². The molecule has 110 valence electrons. The van der Waals surface area contributed by atoms with E-state index in [-0.39, 0.29) is 5.91 Å². The fraction of sp³-hybridized carbons (Fsp3) is 0.235. The number of hydrogen-bond donors (Lipinski definition) is 2. The third kappa shape index (κ3) is 4.07. The highest BCUT2D eigenvalue weighted by molar-refractivity contribution is 6.04. The van der Waals surface area contributed by atoms with E-state index in [1.165, 1.54) is 0 Å². The molecule has 0 aliphatic rings. The molecule has 0 saturated carbocycles. The van der Waals surface area contributed by atoms with E-state index in [4.69, 9.17) is 4.74 Å². The lowest BCUT2D eigenvalue weighted by Crippen LogP contribution is -2.12. The first kappa shape index (κ1) is 15.1. The lowest BCUT2D eigenvalue weighted by atomic mass is 10.1. The third-order valence-corrected chi connectivity index (χ3v) is 3.05. The molecular weight excluding hydrogens is 266 g/mol. The molecule has 0 unspecified atom stereocenters. The second kappa shape index (κ2) is 6.90. The highest BCUT2D eigenvalue weighted by Crippen LogP contribution is 2.18. The van der Waals surface area contributed by atoms with Crippen LogP contribution in [-0.2, 0) is 0 Å². The Hall–Kier alpha value is -2.33. The summed E-state index contributed by atoms with van der Waals surface area (Å²) >= 11 is 0. The van der Waals surface area contributed by atoms with Crippen molar-refractivity contribution in [2.24, 2.45) is 0 Å². The largest absolute Gasteiger partial charge is 0.494 e. The van der Waals surface area contributed by atoms with Crippen molar-refractivity contribution in [2.75, 3.05) is 11.9 Å². The third-order valence-electron chi connectivity index (χ3n) is 3.05. The molecule has 0 radical (unpaired) electrons. The zero-order chi connectivity index (χ0) is 15.2. The standard InChI is InChI=1S/C17H19NO3/c1-3-21-16-9-7-13(8-10-16)17(20)18-15-6-4-5-14(11-15)12(2)19/h4-12,19H,3H2,1-2H3,(H,18,20)/t12-/m0/s1. The molecule has 0 aliphatic heterocycles. The van der Waals surface area contributed by atoms with Crippen molar-refractivity contribution >= 4 is 11.6 Å². The van der Waals surface area contributed by atoms with Crippen LogP contribution in [0.4, 0.5) is 5.69 Å². The van der Waals surface area contributed by atoms with Crippen molar-refractivity contribution in [3.63, 3.8) is 0 Å². The average molecular weight is 285 g/mol. The Bertz CT molecular complexity index is 606. The highest BCUT2D eigenvalue weighted by Gasteiger charge is 2.08. The Morgan fingerprint density at radius 1 is 1.24 bits per heavy atom. The molecule has 0 aliphatic carbocycles. The minimum absolute atomic E-state index is 0.194. The number of aliphatic hydroxyl groups excluding tert-OH is 1. The number of rotatable bonds is 5. The summed E-state index contributed by atoms with van der Waals surface area (Å²) in [6.07, 6.45) is -0.563. The number of hydrogen-bond acceptors (Lipinski definition) is 3. The summed E-state index contributed by atoms with van der Waals surface area (Å²) in [5.41, 5.74) is 1.98. The maximum atomic E-state index is 12.1. The first-order valence-corrected chi connectivity index (χ1v) is 6.92. The van der Waals surface area contributed by atoms with E-state index < -0.39 is 6.10 Å². The second-order valence-electron chi connectivity index (χ2n) is 4.71. The zero-order valence-electron chi connectivity index (χ0n) is 12.2. The SMILES string of the molecule is CCOc1ccc(C(=O)Nc2cccc([C@H](C)O)c2)cc1. The molecule has 2 aromatic carbocycles. The molecule has 2 aromatic rings. The van der Waals surface area contributed by atoms with E-state index >= 15 is 0 Å². The molecular formula is C17H19NO3. The molecule has 0 aromatic heterocycles. The minimum Gasteiger partial charge on any atom is -0.494 e. The Balaban J connectivity index is 2.08. The summed E-state index contributed by atoms with van der Waals surface area (Å²) in [5, 5.41) is 12.4. The van der Waals surface area contributed by atoms with Crippen molar-refractivity contribution in [1.29, 1.82) is 0 Å². The molecule has 0 bridgehead atoms. The monoisotopic (exact) mass is 285 g/mol. The Morgan fingerprint density at radius 2 is 1.95 bits per heavy atom. The van der Waals surface area contributed by atoms with Crippen LogP contribution in [0.1, 0.15) is 35.9 Å². The molecule has 2 N–H and O–H groups in total. The fourth-order valence-electron chi connectivity index (χ4n) is 1.95. The van der Waals surface area contributed by atoms with Gasteiger partial charge in [-0.05, 0) is 55.8 Å². The number of carbonyl (C=O) groups excluding carboxylic acids is 1. The van der Waals surface area contributed by atoms with Gasteiger partial charge >= 0.3 is 0 Å². The van der Waals surface area contributed by atoms with Gasteiger partial charge in [0, 0.05) is 11.3 Å². The van der Waals surface area contributed by atoms with Gasteiger partial charge in [0.1, 0.15) is 5.75 Å². The van der Waals surface area contributed by atoms with E-state index in [2.05, 4.69) is 5.32 Å². The first-order chi connectivity index (χ1) is 10.1. The average Bonchev–Trinajstić information content (AvgIpc) is 2.48. The molecule has 4 heteroatoms. The predicted octanol–water partition coefficient (Wildman–Crippen LogP) is 3.39. The molecule has 1 amide bonds. The maximum absolute atomic E-state index is 12.1. The summed E-state index contributed by atoms with van der Waals surface area (Å²) in [7, 11) is 0. The molecule has 0 spiro atoms. The van der Waals surface area contributed by atoms with Crippen molar-refractivity contribution in [2.45, 2.75) is 20.0 Å². The highest BCUT2D eigenvalue weighted by atomic mass is 16.5.